The van der Waals surface area contributed by atoms with Crippen molar-refractivity contribution in [3.63, 3.8) is 0 Å². The predicted molar refractivity (Wildman–Crippen MR) is 23.0 cm³/mol. The van der Waals surface area contributed by atoms with Crippen LogP contribution in [0.3, 0.4) is 0 Å². The fourth-order valence-corrected chi connectivity index (χ4v) is 0. The molecule has 5 radical (unpaired) electrons. The van der Waals surface area contributed by atoms with E-state index in [0.717, 1.165) is 0 Å². The van der Waals surface area contributed by atoms with E-state index < -0.39 is 0 Å². The van der Waals surface area contributed by atoms with Gasteiger partial charge in [0.15, 0.2) is 0 Å². The van der Waals surface area contributed by atoms with Gasteiger partial charge >= 0.3 is 0 Å². The molecule has 0 aliphatic rings. The van der Waals surface area contributed by atoms with Gasteiger partial charge in [-0.05, 0) is 0 Å². The van der Waals surface area contributed by atoms with E-state index in [1.807, 2.05) is 0 Å². The Hall–Kier alpha value is 4.51. The zero-order valence-corrected chi connectivity index (χ0v) is 13.4. The Morgan fingerprint density at radius 1 is 0.400 bits per heavy atom. The average molecular weight is 151 g/mol. The molecule has 0 fully saturated rings. The van der Waals surface area contributed by atoms with Crippen LogP contribution in [-0.2, 0) is 16.8 Å². The van der Waals surface area contributed by atoms with Gasteiger partial charge in [0.05, 0.1) is 0 Å². The second-order valence-corrected chi connectivity index (χ2v) is 0. The van der Waals surface area contributed by atoms with E-state index >= 15 is 0 Å². The average Bonchev–Trinajstić information content (AvgIpc) is 0. The van der Waals surface area contributed by atoms with Crippen molar-refractivity contribution in [3.8, 4) is 0 Å². The van der Waals surface area contributed by atoms with E-state index in [9.17, 15) is 0 Å². The first-order valence-electron chi connectivity index (χ1n) is 0. The second kappa shape index (κ2) is 23.6. The van der Waals surface area contributed by atoms with Crippen LogP contribution >= 0.6 is 0 Å². The van der Waals surface area contributed by atoms with Crippen molar-refractivity contribution in [2.24, 2.45) is 0 Å². The Morgan fingerprint density at radius 2 is 0.400 bits per heavy atom. The molecule has 0 aliphatic carbocycles. The first-order valence-corrected chi connectivity index (χ1v) is 0. The molecular formula is CoNa4. The van der Waals surface area contributed by atoms with Crippen LogP contribution in [-0.4, -0.2) is 118 Å². The Balaban J connectivity index is 0. The molecule has 0 spiro atoms. The fraction of sp³-hybridized carbons (Fsp3) is 0. The summed E-state index contributed by atoms with van der Waals surface area (Å²) in [5.41, 5.74) is 0. The maximum atomic E-state index is 0. The number of rotatable bonds is 0. The van der Waals surface area contributed by atoms with Crippen molar-refractivity contribution < 1.29 is 16.8 Å². The summed E-state index contributed by atoms with van der Waals surface area (Å²) in [6.07, 6.45) is 0. The topological polar surface area (TPSA) is 0 Å². The molecule has 0 heterocycles. The minimum atomic E-state index is 0. The van der Waals surface area contributed by atoms with Gasteiger partial charge in [-0.15, -0.1) is 0 Å². The quantitative estimate of drug-likeness (QED) is 0.368. The first-order chi connectivity index (χ1) is 0. The third kappa shape index (κ3) is 17.7. The first kappa shape index (κ1) is 33.9. The summed E-state index contributed by atoms with van der Waals surface area (Å²) in [7, 11) is 0. The van der Waals surface area contributed by atoms with Crippen LogP contribution < -0.4 is 0 Å². The van der Waals surface area contributed by atoms with E-state index in [-0.39, 0.29) is 135 Å². The molecule has 0 aliphatic heterocycles. The molecular weight excluding hydrogens is 151 g/mol. The number of hydrogen-bond donors (Lipinski definition) is 0. The van der Waals surface area contributed by atoms with Gasteiger partial charge in [-0.2, -0.15) is 0 Å². The van der Waals surface area contributed by atoms with Gasteiger partial charge in [0.2, 0.25) is 0 Å². The van der Waals surface area contributed by atoms with Gasteiger partial charge in [-0.3, -0.25) is 0 Å². The summed E-state index contributed by atoms with van der Waals surface area (Å²) < 4.78 is 0. The van der Waals surface area contributed by atoms with E-state index in [0.29, 0.717) is 0 Å². The van der Waals surface area contributed by atoms with Crippen LogP contribution in [0.2, 0.25) is 0 Å². The van der Waals surface area contributed by atoms with E-state index in [4.69, 9.17) is 0 Å². The third-order valence-corrected chi connectivity index (χ3v) is 0. The van der Waals surface area contributed by atoms with Crippen molar-refractivity contribution in [1.29, 1.82) is 0 Å². The molecule has 0 unspecified atom stereocenters. The molecule has 0 rings (SSSR count). The fourth-order valence-electron chi connectivity index (χ4n) is 0. The summed E-state index contributed by atoms with van der Waals surface area (Å²) in [5.74, 6) is 0. The van der Waals surface area contributed by atoms with Crippen molar-refractivity contribution >= 4 is 118 Å². The molecule has 0 amide bonds. The summed E-state index contributed by atoms with van der Waals surface area (Å²) in [6.45, 7) is 0. The maximum absolute atomic E-state index is 0. The SMILES string of the molecule is [Co].[Na].[Na].[Na].[Na]. The molecule has 0 atom stereocenters. The maximum Gasteiger partial charge on any atom is 0 e. The zero-order chi connectivity index (χ0) is 0. The molecule has 0 nitrogen and oxygen atoms in total. The van der Waals surface area contributed by atoms with Gasteiger partial charge in [0.25, 0.3) is 0 Å². The second-order valence-electron chi connectivity index (χ2n) is 0. The Morgan fingerprint density at radius 3 is 0.400 bits per heavy atom. The van der Waals surface area contributed by atoms with Gasteiger partial charge in [0.1, 0.15) is 0 Å². The predicted octanol–water partition coefficient (Wildman–Crippen LogP) is -1.53. The van der Waals surface area contributed by atoms with Crippen LogP contribution in [0.25, 0.3) is 0 Å². The minimum absolute atomic E-state index is 0. The molecule has 0 aromatic rings. The molecule has 5 heteroatoms. The molecule has 0 N–H and O–H groups in total. The molecule has 0 bridgehead atoms. The van der Waals surface area contributed by atoms with Crippen LogP contribution in [0.15, 0.2) is 0 Å². The third-order valence-electron chi connectivity index (χ3n) is 0. The van der Waals surface area contributed by atoms with Crippen molar-refractivity contribution in [3.05, 3.63) is 0 Å². The van der Waals surface area contributed by atoms with Gasteiger partial charge in [-0.25, -0.2) is 0 Å². The Kier molecular flexibility index (Phi) is 160. The van der Waals surface area contributed by atoms with E-state index in [1.165, 1.54) is 0 Å². The zero-order valence-electron chi connectivity index (χ0n) is 4.33. The van der Waals surface area contributed by atoms with Gasteiger partial charge in [0, 0.05) is 135 Å². The number of hydrogen-bond acceptors (Lipinski definition) is 0. The monoisotopic (exact) mass is 151 g/mol. The minimum Gasteiger partial charge on any atom is 0 e. The molecule has 0 saturated heterocycles. The summed E-state index contributed by atoms with van der Waals surface area (Å²) >= 11 is 0. The molecule has 0 aromatic heterocycles. The van der Waals surface area contributed by atoms with Crippen LogP contribution in [0.4, 0.5) is 0 Å². The molecule has 0 saturated carbocycles. The van der Waals surface area contributed by atoms with Crippen molar-refractivity contribution in [2.45, 2.75) is 0 Å². The summed E-state index contributed by atoms with van der Waals surface area (Å²) in [4.78, 5) is 0. The smallest absolute Gasteiger partial charge is 0 e. The molecule has 13 valence electrons. The van der Waals surface area contributed by atoms with Crippen LogP contribution in [0.1, 0.15) is 0 Å². The molecule has 0 aromatic carbocycles. The summed E-state index contributed by atoms with van der Waals surface area (Å²) in [6, 6.07) is 0. The van der Waals surface area contributed by atoms with Crippen molar-refractivity contribution in [2.75, 3.05) is 0 Å². The van der Waals surface area contributed by atoms with Gasteiger partial charge in [-0.1, -0.05) is 0 Å². The van der Waals surface area contributed by atoms with E-state index in [2.05, 4.69) is 0 Å². The van der Waals surface area contributed by atoms with E-state index in [1.54, 1.807) is 0 Å². The summed E-state index contributed by atoms with van der Waals surface area (Å²) in [5, 5.41) is 0. The van der Waals surface area contributed by atoms with Crippen LogP contribution in [0, 0.1) is 0 Å². The molecule has 5 heavy (non-hydrogen) atoms. The largest absolute Gasteiger partial charge is 0 e. The Bertz CT molecular complexity index is 3.61. The van der Waals surface area contributed by atoms with Gasteiger partial charge < -0.3 is 0 Å². The van der Waals surface area contributed by atoms with Crippen LogP contribution in [0.5, 0.6) is 0 Å². The standard InChI is InChI=1S/Co.4Na. The normalized spacial score (nSPS) is 0. The Labute approximate surface area is 131 Å². The van der Waals surface area contributed by atoms with Crippen molar-refractivity contribution in [1.82, 2.24) is 0 Å².